The summed E-state index contributed by atoms with van der Waals surface area (Å²) >= 11 is 0. The summed E-state index contributed by atoms with van der Waals surface area (Å²) in [5.41, 5.74) is 5.03. The molecular weight excluding hydrogens is 484 g/mol. The van der Waals surface area contributed by atoms with E-state index in [-0.39, 0.29) is 0 Å². The third-order valence-electron chi connectivity index (χ3n) is 7.22. The number of ether oxygens (including phenoxy) is 4. The molecule has 1 fully saturated rings. The van der Waals surface area contributed by atoms with Crippen molar-refractivity contribution >= 4 is 5.97 Å². The quantitative estimate of drug-likeness (QED) is 0.282. The Morgan fingerprint density at radius 2 is 1.84 bits per heavy atom. The van der Waals surface area contributed by atoms with Crippen molar-refractivity contribution in [1.82, 2.24) is 10.2 Å². The zero-order chi connectivity index (χ0) is 26.5. The van der Waals surface area contributed by atoms with Crippen LogP contribution in [0.4, 0.5) is 0 Å². The van der Waals surface area contributed by atoms with Gasteiger partial charge in [0, 0.05) is 29.3 Å². The van der Waals surface area contributed by atoms with Crippen LogP contribution in [0.15, 0.2) is 36.5 Å². The highest BCUT2D eigenvalue weighted by atomic mass is 16.5. The van der Waals surface area contributed by atoms with E-state index in [0.29, 0.717) is 44.1 Å². The van der Waals surface area contributed by atoms with Crippen molar-refractivity contribution in [3.8, 4) is 34.3 Å². The summed E-state index contributed by atoms with van der Waals surface area (Å²) in [4.78, 5) is 11.5. The van der Waals surface area contributed by atoms with Crippen LogP contribution in [-0.4, -0.2) is 47.7 Å². The molecule has 2 aromatic carbocycles. The lowest BCUT2D eigenvalue weighted by molar-refractivity contribution is -0.145. The Labute approximate surface area is 223 Å². The predicted octanol–water partition coefficient (Wildman–Crippen LogP) is 5.62. The summed E-state index contributed by atoms with van der Waals surface area (Å²) < 4.78 is 24.2. The van der Waals surface area contributed by atoms with Gasteiger partial charge in [0.25, 0.3) is 0 Å². The van der Waals surface area contributed by atoms with Gasteiger partial charge in [-0.2, -0.15) is 5.10 Å². The first-order valence-electron chi connectivity index (χ1n) is 13.6. The number of nitrogens with one attached hydrogen (secondary N) is 1. The molecule has 1 saturated carbocycles. The molecule has 1 aromatic heterocycles. The molecule has 0 bridgehead atoms. The zero-order valence-corrected chi connectivity index (χ0v) is 22.1. The van der Waals surface area contributed by atoms with Gasteiger partial charge in [-0.25, -0.2) is 4.79 Å². The first-order chi connectivity index (χ1) is 18.6. The molecule has 2 aliphatic rings. The van der Waals surface area contributed by atoms with Gasteiger partial charge >= 0.3 is 5.97 Å². The van der Waals surface area contributed by atoms with Gasteiger partial charge in [-0.15, -0.1) is 0 Å². The molecule has 38 heavy (non-hydrogen) atoms. The van der Waals surface area contributed by atoms with Crippen molar-refractivity contribution in [3.63, 3.8) is 0 Å². The van der Waals surface area contributed by atoms with E-state index in [2.05, 4.69) is 17.1 Å². The molecule has 0 saturated heterocycles. The maximum atomic E-state index is 11.5. The number of aliphatic carboxylic acids is 1. The van der Waals surface area contributed by atoms with Crippen LogP contribution in [0.2, 0.25) is 0 Å². The summed E-state index contributed by atoms with van der Waals surface area (Å²) in [6, 6.07) is 9.97. The fourth-order valence-corrected chi connectivity index (χ4v) is 5.11. The monoisotopic (exact) mass is 520 g/mol. The van der Waals surface area contributed by atoms with Crippen LogP contribution in [0, 0.1) is 5.92 Å². The minimum atomic E-state index is -0.920. The van der Waals surface area contributed by atoms with Crippen LogP contribution >= 0.6 is 0 Å². The third-order valence-corrected chi connectivity index (χ3v) is 7.22. The lowest BCUT2D eigenvalue weighted by Gasteiger charge is -2.26. The third kappa shape index (κ3) is 5.74. The Balaban J connectivity index is 1.24. The van der Waals surface area contributed by atoms with E-state index in [9.17, 15) is 9.90 Å². The molecule has 1 unspecified atom stereocenters. The fourth-order valence-electron chi connectivity index (χ4n) is 5.11. The number of benzene rings is 2. The molecule has 0 radical (unpaired) electrons. The van der Waals surface area contributed by atoms with Crippen LogP contribution < -0.4 is 18.9 Å². The van der Waals surface area contributed by atoms with Gasteiger partial charge in [0.1, 0.15) is 23.0 Å². The number of methoxy groups -OCH3 is 1. The van der Waals surface area contributed by atoms with E-state index in [1.165, 1.54) is 12.8 Å². The maximum Gasteiger partial charge on any atom is 0.344 e. The van der Waals surface area contributed by atoms with Gasteiger partial charge in [0.2, 0.25) is 0 Å². The molecule has 5 rings (SSSR count). The molecular formula is C30H36N2O6. The van der Waals surface area contributed by atoms with Crippen molar-refractivity contribution in [3.05, 3.63) is 53.2 Å². The zero-order valence-electron chi connectivity index (χ0n) is 22.1. The van der Waals surface area contributed by atoms with Crippen molar-refractivity contribution in [2.24, 2.45) is 5.92 Å². The van der Waals surface area contributed by atoms with E-state index in [1.807, 2.05) is 30.3 Å². The number of rotatable bonds is 13. The molecule has 1 aliphatic heterocycles. The summed E-state index contributed by atoms with van der Waals surface area (Å²) in [5, 5.41) is 16.6. The van der Waals surface area contributed by atoms with Gasteiger partial charge in [-0.05, 0) is 74.3 Å². The minimum absolute atomic E-state index is 0.485. The average Bonchev–Trinajstić information content (AvgIpc) is 3.58. The van der Waals surface area contributed by atoms with Gasteiger partial charge < -0.3 is 24.1 Å². The molecule has 2 heterocycles. The lowest BCUT2D eigenvalue weighted by atomic mass is 9.96. The van der Waals surface area contributed by atoms with Crippen LogP contribution in [0.5, 0.6) is 23.0 Å². The van der Waals surface area contributed by atoms with Crippen molar-refractivity contribution < 1.29 is 28.8 Å². The number of fused-ring (bicyclic) bond motifs is 1. The Kier molecular flexibility index (Phi) is 8.05. The number of nitrogens with zero attached hydrogens (tertiary/aromatic N) is 1. The molecule has 0 amide bonds. The first-order valence-corrected chi connectivity index (χ1v) is 13.6. The number of aromatic amines is 1. The predicted molar refractivity (Wildman–Crippen MR) is 143 cm³/mol. The van der Waals surface area contributed by atoms with Crippen LogP contribution in [-0.2, 0) is 24.1 Å². The molecule has 8 heteroatoms. The number of carbonyl (C=O) groups is 1. The van der Waals surface area contributed by atoms with Crippen LogP contribution in [0.3, 0.4) is 0 Å². The highest BCUT2D eigenvalue weighted by molar-refractivity contribution is 5.74. The molecule has 0 spiro atoms. The first kappa shape index (κ1) is 25.9. The highest BCUT2D eigenvalue weighted by Crippen LogP contribution is 2.43. The van der Waals surface area contributed by atoms with Gasteiger partial charge in [0.05, 0.1) is 26.0 Å². The van der Waals surface area contributed by atoms with E-state index in [0.717, 1.165) is 64.5 Å². The Morgan fingerprint density at radius 3 is 2.50 bits per heavy atom. The van der Waals surface area contributed by atoms with Crippen molar-refractivity contribution in [1.29, 1.82) is 0 Å². The van der Waals surface area contributed by atoms with E-state index < -0.39 is 12.1 Å². The van der Waals surface area contributed by atoms with Crippen molar-refractivity contribution in [2.45, 2.75) is 64.4 Å². The number of carboxylic acid groups (broad SMARTS) is 1. The normalized spacial score (nSPS) is 16.4. The molecule has 1 atom stereocenters. The molecule has 8 nitrogen and oxygen atoms in total. The summed E-state index contributed by atoms with van der Waals surface area (Å²) in [6.07, 6.45) is 7.92. The SMILES string of the molecule is CCCc1c(OCCCOc2ccc(-c3ccn[nH]3)c(OC)c2CC2CC2)ccc2c1OC(C(=O)O)CC2. The Hall–Kier alpha value is -3.68. The van der Waals surface area contributed by atoms with Crippen LogP contribution in [0.1, 0.15) is 55.7 Å². The molecule has 202 valence electrons. The lowest BCUT2D eigenvalue weighted by Crippen LogP contribution is -2.31. The topological polar surface area (TPSA) is 103 Å². The summed E-state index contributed by atoms with van der Waals surface area (Å²) in [5.74, 6) is 2.90. The van der Waals surface area contributed by atoms with E-state index >= 15 is 0 Å². The molecule has 1 aliphatic carbocycles. The van der Waals surface area contributed by atoms with Gasteiger partial charge in [-0.1, -0.05) is 19.4 Å². The van der Waals surface area contributed by atoms with Crippen molar-refractivity contribution in [2.75, 3.05) is 20.3 Å². The molecule has 3 aromatic rings. The molecule has 2 N–H and O–H groups in total. The second-order valence-electron chi connectivity index (χ2n) is 10.1. The average molecular weight is 521 g/mol. The Bertz CT molecular complexity index is 1250. The second-order valence-corrected chi connectivity index (χ2v) is 10.1. The standard InChI is InChI=1S/C30H36N2O6/c1-3-5-22-25(11-8-20-9-12-27(30(33)34)38-28(20)22)36-16-4-17-37-26-13-10-21(24-14-15-31-32-24)29(35-2)23(26)18-19-6-7-19/h8,10-11,13-15,19,27H,3-7,9,12,16-18H2,1-2H3,(H,31,32)(H,33,34). The fraction of sp³-hybridized carbons (Fsp3) is 0.467. The van der Waals surface area contributed by atoms with Crippen LogP contribution in [0.25, 0.3) is 11.3 Å². The van der Waals surface area contributed by atoms with E-state index in [4.69, 9.17) is 18.9 Å². The number of H-pyrrole nitrogens is 1. The Morgan fingerprint density at radius 1 is 1.08 bits per heavy atom. The van der Waals surface area contributed by atoms with Gasteiger partial charge in [-0.3, -0.25) is 5.10 Å². The maximum absolute atomic E-state index is 11.5. The number of hydrogen-bond acceptors (Lipinski definition) is 6. The second kappa shape index (κ2) is 11.8. The highest BCUT2D eigenvalue weighted by Gasteiger charge is 2.29. The number of aryl methyl sites for hydroxylation is 1. The van der Waals surface area contributed by atoms with E-state index in [1.54, 1.807) is 13.3 Å². The smallest absolute Gasteiger partial charge is 0.344 e. The number of carboxylic acids is 1. The number of hydrogen-bond donors (Lipinski definition) is 2. The van der Waals surface area contributed by atoms with Gasteiger partial charge in [0.15, 0.2) is 6.10 Å². The summed E-state index contributed by atoms with van der Waals surface area (Å²) in [6.45, 7) is 3.09. The minimum Gasteiger partial charge on any atom is -0.496 e. The number of aromatic nitrogens is 2. The largest absolute Gasteiger partial charge is 0.496 e. The summed E-state index contributed by atoms with van der Waals surface area (Å²) in [7, 11) is 1.71.